The smallest absolute Gasteiger partial charge is 0.410 e. The molecule has 0 saturated carbocycles. The molecule has 7 nitrogen and oxygen atoms in total. The van der Waals surface area contributed by atoms with Crippen LogP contribution in [0.15, 0.2) is 17.1 Å². The number of nitrogens with one attached hydrogen (secondary N) is 1. The molecule has 1 aliphatic heterocycles. The molecular weight excluding hydrogens is 324 g/mol. The molecule has 8 heteroatoms. The van der Waals surface area contributed by atoms with Crippen molar-refractivity contribution in [1.82, 2.24) is 9.88 Å². The first-order valence-electron chi connectivity index (χ1n) is 7.23. The topological polar surface area (TPSA) is 88.7 Å². The largest absolute Gasteiger partial charge is 0.457 e. The van der Waals surface area contributed by atoms with E-state index >= 15 is 0 Å². The van der Waals surface area contributed by atoms with Gasteiger partial charge in [-0.1, -0.05) is 11.6 Å². The van der Waals surface area contributed by atoms with Crippen LogP contribution in [0.4, 0.5) is 4.79 Å². The van der Waals surface area contributed by atoms with Gasteiger partial charge in [-0.25, -0.2) is 9.59 Å². The zero-order chi connectivity index (χ0) is 17.2. The summed E-state index contributed by atoms with van der Waals surface area (Å²) < 4.78 is 10.6. The number of aromatic nitrogens is 1. The lowest BCUT2D eigenvalue weighted by Gasteiger charge is -2.24. The number of nitrogens with zero attached hydrogens (tertiary/aromatic N) is 1. The number of carbonyl (C=O) groups excluding carboxylic acids is 2. The molecule has 2 heterocycles. The van der Waals surface area contributed by atoms with E-state index in [0.717, 1.165) is 0 Å². The Morgan fingerprint density at radius 3 is 2.70 bits per heavy atom. The molecule has 1 saturated heterocycles. The number of hydrogen-bond acceptors (Lipinski definition) is 5. The molecule has 1 atom stereocenters. The molecule has 1 aromatic heterocycles. The summed E-state index contributed by atoms with van der Waals surface area (Å²) in [6.07, 6.45) is 0.933. The van der Waals surface area contributed by atoms with Gasteiger partial charge in [-0.2, -0.15) is 0 Å². The van der Waals surface area contributed by atoms with Crippen LogP contribution in [-0.4, -0.2) is 46.7 Å². The van der Waals surface area contributed by atoms with Gasteiger partial charge in [-0.3, -0.25) is 4.79 Å². The van der Waals surface area contributed by atoms with E-state index in [1.54, 1.807) is 20.8 Å². The number of H-pyrrole nitrogens is 1. The van der Waals surface area contributed by atoms with Crippen molar-refractivity contribution in [1.29, 1.82) is 0 Å². The summed E-state index contributed by atoms with van der Waals surface area (Å²) >= 11 is 5.68. The van der Waals surface area contributed by atoms with Crippen LogP contribution in [0.1, 0.15) is 37.6 Å². The van der Waals surface area contributed by atoms with Crippen molar-refractivity contribution < 1.29 is 19.1 Å². The minimum absolute atomic E-state index is 0.0822. The van der Waals surface area contributed by atoms with E-state index in [4.69, 9.17) is 21.1 Å². The first-order valence-corrected chi connectivity index (χ1v) is 7.60. The van der Waals surface area contributed by atoms with Crippen LogP contribution in [0.3, 0.4) is 0 Å². The van der Waals surface area contributed by atoms with Gasteiger partial charge in [-0.15, -0.1) is 0 Å². The van der Waals surface area contributed by atoms with Gasteiger partial charge in [0.2, 0.25) is 0 Å². The molecule has 0 unspecified atom stereocenters. The summed E-state index contributed by atoms with van der Waals surface area (Å²) in [7, 11) is 0. The average molecular weight is 343 g/mol. The van der Waals surface area contributed by atoms with Crippen LogP contribution in [-0.2, 0) is 9.47 Å². The van der Waals surface area contributed by atoms with Gasteiger partial charge in [-0.05, 0) is 26.8 Å². The third-order valence-corrected chi connectivity index (χ3v) is 3.44. The van der Waals surface area contributed by atoms with E-state index in [9.17, 15) is 14.4 Å². The van der Waals surface area contributed by atoms with Gasteiger partial charge in [0.1, 0.15) is 16.7 Å². The highest BCUT2D eigenvalue weighted by Gasteiger charge is 2.32. The number of pyridine rings is 1. The number of carbonyl (C=O) groups is 2. The molecule has 0 radical (unpaired) electrons. The van der Waals surface area contributed by atoms with Crippen molar-refractivity contribution in [3.63, 3.8) is 0 Å². The fraction of sp³-hybridized carbons (Fsp3) is 0.533. The predicted octanol–water partition coefficient (Wildman–Crippen LogP) is 2.19. The minimum atomic E-state index is -0.598. The van der Waals surface area contributed by atoms with Crippen LogP contribution < -0.4 is 5.56 Å². The molecule has 1 fully saturated rings. The van der Waals surface area contributed by atoms with E-state index in [2.05, 4.69) is 4.98 Å². The second kappa shape index (κ2) is 6.62. The first kappa shape index (κ1) is 17.3. The summed E-state index contributed by atoms with van der Waals surface area (Å²) in [5.74, 6) is -0.598. The first-order chi connectivity index (χ1) is 10.7. The van der Waals surface area contributed by atoms with Crippen molar-refractivity contribution in [2.24, 2.45) is 0 Å². The average Bonchev–Trinajstić information content (AvgIpc) is 2.88. The van der Waals surface area contributed by atoms with Gasteiger partial charge in [0.15, 0.2) is 0 Å². The molecule has 0 spiro atoms. The Labute approximate surface area is 138 Å². The molecule has 1 aliphatic rings. The number of ether oxygens (including phenoxy) is 2. The van der Waals surface area contributed by atoms with Crippen LogP contribution in [0.2, 0.25) is 5.02 Å². The normalized spacial score (nSPS) is 17.9. The Morgan fingerprint density at radius 2 is 2.09 bits per heavy atom. The number of esters is 1. The quantitative estimate of drug-likeness (QED) is 0.832. The summed E-state index contributed by atoms with van der Waals surface area (Å²) in [5, 5.41) is -0.0822. The van der Waals surface area contributed by atoms with Gasteiger partial charge in [0.25, 0.3) is 5.56 Å². The lowest BCUT2D eigenvalue weighted by atomic mass is 10.2. The van der Waals surface area contributed by atoms with Crippen LogP contribution >= 0.6 is 11.6 Å². The van der Waals surface area contributed by atoms with Crippen molar-refractivity contribution in [3.8, 4) is 0 Å². The molecule has 1 N–H and O–H groups in total. The molecule has 1 amide bonds. The highest BCUT2D eigenvalue weighted by atomic mass is 35.5. The molecule has 126 valence electrons. The second-order valence-corrected chi connectivity index (χ2v) is 6.71. The van der Waals surface area contributed by atoms with E-state index in [0.29, 0.717) is 13.0 Å². The third kappa shape index (κ3) is 4.72. The maximum absolute atomic E-state index is 12.0. The Bertz CT molecular complexity index is 665. The van der Waals surface area contributed by atoms with Crippen LogP contribution in [0.25, 0.3) is 0 Å². The highest BCUT2D eigenvalue weighted by molar-refractivity contribution is 6.30. The SMILES string of the molecule is CC(C)(C)OC(=O)N1CC[C@H](OC(=O)c2c[nH]c(=O)c(Cl)c2)C1. The summed E-state index contributed by atoms with van der Waals surface area (Å²) in [4.78, 5) is 39.0. The van der Waals surface area contributed by atoms with Crippen molar-refractivity contribution in [3.05, 3.63) is 33.2 Å². The summed E-state index contributed by atoms with van der Waals surface area (Å²) in [6.45, 7) is 6.10. The zero-order valence-electron chi connectivity index (χ0n) is 13.2. The standard InChI is InChI=1S/C15H19ClN2O5/c1-15(2,3)23-14(21)18-5-4-10(8-18)22-13(20)9-6-11(16)12(19)17-7-9/h6-7,10H,4-5,8H2,1-3H3,(H,17,19)/t10-/m0/s1. The van der Waals surface area contributed by atoms with Crippen molar-refractivity contribution >= 4 is 23.7 Å². The van der Waals surface area contributed by atoms with Gasteiger partial charge < -0.3 is 19.4 Å². The Balaban J connectivity index is 1.92. The second-order valence-electron chi connectivity index (χ2n) is 6.31. The lowest BCUT2D eigenvalue weighted by Crippen LogP contribution is -2.36. The fourth-order valence-electron chi connectivity index (χ4n) is 2.11. The third-order valence-electron chi connectivity index (χ3n) is 3.16. The molecule has 0 bridgehead atoms. The Hall–Kier alpha value is -2.02. The Morgan fingerprint density at radius 1 is 1.39 bits per heavy atom. The molecule has 23 heavy (non-hydrogen) atoms. The summed E-state index contributed by atoms with van der Waals surface area (Å²) in [6, 6.07) is 1.25. The van der Waals surface area contributed by atoms with Gasteiger partial charge in [0.05, 0.1) is 12.1 Å². The van der Waals surface area contributed by atoms with Crippen LogP contribution in [0.5, 0.6) is 0 Å². The highest BCUT2D eigenvalue weighted by Crippen LogP contribution is 2.18. The van der Waals surface area contributed by atoms with Crippen molar-refractivity contribution in [2.75, 3.05) is 13.1 Å². The monoisotopic (exact) mass is 342 g/mol. The zero-order valence-corrected chi connectivity index (χ0v) is 14.0. The predicted molar refractivity (Wildman–Crippen MR) is 83.7 cm³/mol. The molecule has 0 aromatic carbocycles. The summed E-state index contributed by atoms with van der Waals surface area (Å²) in [5.41, 5.74) is -0.885. The maximum Gasteiger partial charge on any atom is 0.410 e. The number of halogens is 1. The molecule has 1 aromatic rings. The van der Waals surface area contributed by atoms with E-state index < -0.39 is 29.3 Å². The van der Waals surface area contributed by atoms with Crippen LogP contribution in [0, 0.1) is 0 Å². The maximum atomic E-state index is 12.0. The number of likely N-dealkylation sites (tertiary alicyclic amines) is 1. The van der Waals surface area contributed by atoms with E-state index in [-0.39, 0.29) is 17.1 Å². The van der Waals surface area contributed by atoms with Gasteiger partial charge >= 0.3 is 12.1 Å². The van der Waals surface area contributed by atoms with E-state index in [1.807, 2.05) is 0 Å². The number of amides is 1. The van der Waals surface area contributed by atoms with Crippen molar-refractivity contribution in [2.45, 2.75) is 38.9 Å². The minimum Gasteiger partial charge on any atom is -0.457 e. The molecular formula is C15H19ClN2O5. The van der Waals surface area contributed by atoms with E-state index in [1.165, 1.54) is 17.2 Å². The molecule has 0 aliphatic carbocycles. The lowest BCUT2D eigenvalue weighted by molar-refractivity contribution is 0.0191. The Kier molecular flexibility index (Phi) is 4.99. The molecule has 2 rings (SSSR count). The number of rotatable bonds is 2. The fourth-order valence-corrected chi connectivity index (χ4v) is 2.28. The number of hydrogen-bond donors (Lipinski definition) is 1. The number of aromatic amines is 1. The van der Waals surface area contributed by atoms with Gasteiger partial charge in [0, 0.05) is 19.2 Å².